The Hall–Kier alpha value is -1.24. The Morgan fingerprint density at radius 1 is 1.33 bits per heavy atom. The highest BCUT2D eigenvalue weighted by Gasteiger charge is 1.99. The lowest BCUT2D eigenvalue weighted by Crippen LogP contribution is -1.99. The number of hydrogen-bond acceptors (Lipinski definition) is 1. The molecule has 1 aromatic carbocycles. The van der Waals surface area contributed by atoms with Crippen LogP contribution in [0.25, 0.3) is 0 Å². The molecular weight excluding hydrogens is 184 g/mol. The summed E-state index contributed by atoms with van der Waals surface area (Å²) in [7, 11) is 0. The average Bonchev–Trinajstić information content (AvgIpc) is 2.17. The second-order valence-electron chi connectivity index (χ2n) is 4.18. The van der Waals surface area contributed by atoms with Crippen molar-refractivity contribution in [1.82, 2.24) is 0 Å². The van der Waals surface area contributed by atoms with Crippen molar-refractivity contribution in [2.45, 2.75) is 33.6 Å². The van der Waals surface area contributed by atoms with Crippen molar-refractivity contribution in [3.63, 3.8) is 0 Å². The van der Waals surface area contributed by atoms with E-state index in [-0.39, 0.29) is 0 Å². The third-order valence-electron chi connectivity index (χ3n) is 2.35. The lowest BCUT2D eigenvalue weighted by atomic mass is 10.1. The van der Waals surface area contributed by atoms with Gasteiger partial charge in [-0.3, -0.25) is 0 Å². The fraction of sp³-hybridized carbons (Fsp3) is 0.429. The van der Waals surface area contributed by atoms with Gasteiger partial charge in [0.05, 0.1) is 6.61 Å². The smallest absolute Gasteiger partial charge is 0.122 e. The summed E-state index contributed by atoms with van der Waals surface area (Å²) in [4.78, 5) is 0. The Labute approximate surface area is 92.8 Å². The van der Waals surface area contributed by atoms with E-state index < -0.39 is 0 Å². The van der Waals surface area contributed by atoms with Gasteiger partial charge in [-0.25, -0.2) is 0 Å². The molecule has 1 nitrogen and oxygen atoms in total. The van der Waals surface area contributed by atoms with Crippen LogP contribution in [-0.2, 0) is 0 Å². The molecule has 1 rings (SSSR count). The topological polar surface area (TPSA) is 9.23 Å². The van der Waals surface area contributed by atoms with E-state index in [0.717, 1.165) is 25.2 Å². The van der Waals surface area contributed by atoms with Gasteiger partial charge in [0.25, 0.3) is 0 Å². The highest BCUT2D eigenvalue weighted by molar-refractivity contribution is 5.35. The minimum absolute atomic E-state index is 0.775. The van der Waals surface area contributed by atoms with Crippen LogP contribution in [0.3, 0.4) is 0 Å². The molecule has 82 valence electrons. The summed E-state index contributed by atoms with van der Waals surface area (Å²) in [6, 6.07) is 6.30. The molecule has 0 fully saturated rings. The van der Waals surface area contributed by atoms with E-state index in [1.165, 1.54) is 16.7 Å². The van der Waals surface area contributed by atoms with Crippen LogP contribution in [0.4, 0.5) is 0 Å². The second kappa shape index (κ2) is 5.59. The van der Waals surface area contributed by atoms with Crippen LogP contribution in [-0.4, -0.2) is 6.61 Å². The van der Waals surface area contributed by atoms with Gasteiger partial charge in [0, 0.05) is 0 Å². The van der Waals surface area contributed by atoms with Gasteiger partial charge >= 0.3 is 0 Å². The van der Waals surface area contributed by atoms with Crippen molar-refractivity contribution in [2.75, 3.05) is 6.61 Å². The molecule has 0 unspecified atom stereocenters. The molecule has 0 aliphatic rings. The second-order valence-corrected chi connectivity index (χ2v) is 4.18. The molecule has 1 aromatic rings. The van der Waals surface area contributed by atoms with E-state index in [9.17, 15) is 0 Å². The molecular formula is C14H20O. The average molecular weight is 204 g/mol. The lowest BCUT2D eigenvalue weighted by Gasteiger charge is -2.09. The van der Waals surface area contributed by atoms with Gasteiger partial charge in [0.15, 0.2) is 0 Å². The number of benzene rings is 1. The number of rotatable bonds is 5. The van der Waals surface area contributed by atoms with E-state index in [1.807, 2.05) is 0 Å². The largest absolute Gasteiger partial charge is 0.493 e. The first-order valence-electron chi connectivity index (χ1n) is 5.44. The molecule has 0 saturated carbocycles. The van der Waals surface area contributed by atoms with Gasteiger partial charge in [-0.2, -0.15) is 0 Å². The fourth-order valence-electron chi connectivity index (χ4n) is 1.42. The highest BCUT2D eigenvalue weighted by atomic mass is 16.5. The first-order chi connectivity index (χ1) is 7.09. The van der Waals surface area contributed by atoms with Gasteiger partial charge in [-0.05, 0) is 50.8 Å². The molecule has 15 heavy (non-hydrogen) atoms. The van der Waals surface area contributed by atoms with Crippen molar-refractivity contribution in [1.29, 1.82) is 0 Å². The van der Waals surface area contributed by atoms with Crippen molar-refractivity contribution in [3.05, 3.63) is 41.5 Å². The Kier molecular flexibility index (Phi) is 4.41. The quantitative estimate of drug-likeness (QED) is 0.519. The Morgan fingerprint density at radius 3 is 2.73 bits per heavy atom. The van der Waals surface area contributed by atoms with Crippen molar-refractivity contribution in [2.24, 2.45) is 0 Å². The van der Waals surface area contributed by atoms with E-state index >= 15 is 0 Å². The van der Waals surface area contributed by atoms with Gasteiger partial charge in [0.2, 0.25) is 0 Å². The first-order valence-corrected chi connectivity index (χ1v) is 5.44. The molecule has 1 heteroatoms. The van der Waals surface area contributed by atoms with Gasteiger partial charge in [-0.1, -0.05) is 17.7 Å². The SMILES string of the molecule is C=C(C)CCCOc1cc(C)ccc1C. The molecule has 0 radical (unpaired) electrons. The lowest BCUT2D eigenvalue weighted by molar-refractivity contribution is 0.309. The number of ether oxygens (including phenoxy) is 1. The van der Waals surface area contributed by atoms with Gasteiger partial charge < -0.3 is 4.74 Å². The minimum atomic E-state index is 0.775. The van der Waals surface area contributed by atoms with Crippen LogP contribution in [0.1, 0.15) is 30.9 Å². The molecule has 0 N–H and O–H groups in total. The van der Waals surface area contributed by atoms with Crippen molar-refractivity contribution >= 4 is 0 Å². The summed E-state index contributed by atoms with van der Waals surface area (Å²) in [5, 5.41) is 0. The number of aryl methyl sites for hydroxylation is 2. The summed E-state index contributed by atoms with van der Waals surface area (Å²) < 4.78 is 5.73. The first kappa shape index (κ1) is 11.8. The summed E-state index contributed by atoms with van der Waals surface area (Å²) in [6.07, 6.45) is 2.09. The normalized spacial score (nSPS) is 10.1. The van der Waals surface area contributed by atoms with Crippen molar-refractivity contribution in [3.8, 4) is 5.75 Å². The van der Waals surface area contributed by atoms with Crippen molar-refractivity contribution < 1.29 is 4.74 Å². The third kappa shape index (κ3) is 4.20. The summed E-state index contributed by atoms with van der Waals surface area (Å²) in [5.41, 5.74) is 3.67. The molecule has 0 atom stereocenters. The van der Waals surface area contributed by atoms with Crippen LogP contribution in [0, 0.1) is 13.8 Å². The number of hydrogen-bond donors (Lipinski definition) is 0. The maximum atomic E-state index is 5.73. The standard InChI is InChI=1S/C14H20O/c1-11(2)6-5-9-15-14-10-12(3)7-8-13(14)4/h7-8,10H,1,5-6,9H2,2-4H3. The Morgan fingerprint density at radius 2 is 2.07 bits per heavy atom. The van der Waals surface area contributed by atoms with E-state index in [0.29, 0.717) is 0 Å². The predicted octanol–water partition coefficient (Wildman–Crippen LogP) is 4.04. The summed E-state index contributed by atoms with van der Waals surface area (Å²) in [6.45, 7) is 10.9. The zero-order chi connectivity index (χ0) is 11.3. The summed E-state index contributed by atoms with van der Waals surface area (Å²) in [5.74, 6) is 1.01. The zero-order valence-electron chi connectivity index (χ0n) is 9.97. The van der Waals surface area contributed by atoms with Crippen LogP contribution in [0.2, 0.25) is 0 Å². The molecule has 0 heterocycles. The maximum Gasteiger partial charge on any atom is 0.122 e. The maximum absolute atomic E-state index is 5.73. The molecule has 0 aliphatic heterocycles. The Bertz CT molecular complexity index is 339. The molecule has 0 aliphatic carbocycles. The van der Waals surface area contributed by atoms with Crippen LogP contribution in [0.15, 0.2) is 30.4 Å². The molecule has 0 aromatic heterocycles. The van der Waals surface area contributed by atoms with E-state index in [4.69, 9.17) is 4.74 Å². The summed E-state index contributed by atoms with van der Waals surface area (Å²) >= 11 is 0. The molecule has 0 spiro atoms. The minimum Gasteiger partial charge on any atom is -0.493 e. The van der Waals surface area contributed by atoms with E-state index in [1.54, 1.807) is 0 Å². The van der Waals surface area contributed by atoms with E-state index in [2.05, 4.69) is 45.5 Å². The van der Waals surface area contributed by atoms with Gasteiger partial charge in [0.1, 0.15) is 5.75 Å². The third-order valence-corrected chi connectivity index (χ3v) is 2.35. The predicted molar refractivity (Wildman–Crippen MR) is 65.5 cm³/mol. The van der Waals surface area contributed by atoms with Crippen LogP contribution in [0.5, 0.6) is 5.75 Å². The van der Waals surface area contributed by atoms with Gasteiger partial charge in [-0.15, -0.1) is 6.58 Å². The molecule has 0 saturated heterocycles. The molecule has 0 amide bonds. The van der Waals surface area contributed by atoms with Crippen LogP contribution < -0.4 is 4.74 Å². The number of allylic oxidation sites excluding steroid dienone is 1. The zero-order valence-corrected chi connectivity index (χ0v) is 9.97. The fourth-order valence-corrected chi connectivity index (χ4v) is 1.42. The highest BCUT2D eigenvalue weighted by Crippen LogP contribution is 2.19. The monoisotopic (exact) mass is 204 g/mol. The van der Waals surface area contributed by atoms with Crippen LogP contribution >= 0.6 is 0 Å². The Balaban J connectivity index is 2.43. The molecule has 0 bridgehead atoms.